The van der Waals surface area contributed by atoms with Gasteiger partial charge in [0, 0.05) is 7.11 Å². The first-order valence-electron chi connectivity index (χ1n) is 15.1. The van der Waals surface area contributed by atoms with E-state index in [9.17, 15) is 20.4 Å². The molecule has 3 aromatic rings. The second-order valence-corrected chi connectivity index (χ2v) is 11.1. The van der Waals surface area contributed by atoms with E-state index in [4.69, 9.17) is 33.2 Å². The van der Waals surface area contributed by atoms with Crippen LogP contribution in [0.3, 0.4) is 0 Å². The second-order valence-electron chi connectivity index (χ2n) is 11.1. The third-order valence-electron chi connectivity index (χ3n) is 7.93. The van der Waals surface area contributed by atoms with Gasteiger partial charge in [0.05, 0.1) is 33.0 Å². The van der Waals surface area contributed by atoms with Gasteiger partial charge >= 0.3 is 0 Å². The lowest BCUT2D eigenvalue weighted by Crippen LogP contribution is -2.61. The zero-order valence-electron chi connectivity index (χ0n) is 25.1. The quantitative estimate of drug-likeness (QED) is 0.196. The summed E-state index contributed by atoms with van der Waals surface area (Å²) in [6, 6.07) is 29.2. The van der Waals surface area contributed by atoms with Crippen molar-refractivity contribution in [1.29, 1.82) is 0 Å². The Kier molecular flexibility index (Phi) is 12.4. The summed E-state index contributed by atoms with van der Waals surface area (Å²) in [6.45, 7) is -0.00900. The van der Waals surface area contributed by atoms with Gasteiger partial charge in [-0.25, -0.2) is 0 Å². The lowest BCUT2D eigenvalue weighted by atomic mass is 9.97. The van der Waals surface area contributed by atoms with Crippen LogP contribution in [-0.2, 0) is 53.0 Å². The number of hydrogen-bond acceptors (Lipinski definition) is 11. The van der Waals surface area contributed by atoms with E-state index in [1.807, 2.05) is 91.0 Å². The summed E-state index contributed by atoms with van der Waals surface area (Å²) in [5, 5.41) is 40.3. The number of hydrogen-bond donors (Lipinski definition) is 4. The predicted octanol–water partition coefficient (Wildman–Crippen LogP) is 1.93. The summed E-state index contributed by atoms with van der Waals surface area (Å²) in [6.07, 6.45) is -10.6. The Morgan fingerprint density at radius 3 is 1.60 bits per heavy atom. The lowest BCUT2D eigenvalue weighted by molar-refractivity contribution is -0.328. The van der Waals surface area contributed by atoms with Crippen molar-refractivity contribution in [2.24, 2.45) is 0 Å². The molecule has 0 spiro atoms. The van der Waals surface area contributed by atoms with Crippen molar-refractivity contribution in [3.63, 3.8) is 0 Å². The third kappa shape index (κ3) is 8.73. The molecular weight excluding hydrogens is 584 g/mol. The van der Waals surface area contributed by atoms with Crippen molar-refractivity contribution in [1.82, 2.24) is 0 Å². The zero-order valence-corrected chi connectivity index (χ0v) is 25.1. The summed E-state index contributed by atoms with van der Waals surface area (Å²) in [5.74, 6) is 0. The van der Waals surface area contributed by atoms with Crippen LogP contribution in [0.5, 0.6) is 0 Å². The van der Waals surface area contributed by atoms with E-state index in [2.05, 4.69) is 0 Å². The van der Waals surface area contributed by atoms with Crippen molar-refractivity contribution in [2.75, 3.05) is 20.3 Å². The number of aliphatic hydroxyl groups excluding tert-OH is 4. The Hall–Kier alpha value is -2.78. The van der Waals surface area contributed by atoms with Crippen LogP contribution in [0.1, 0.15) is 16.7 Å². The fourth-order valence-electron chi connectivity index (χ4n) is 5.49. The van der Waals surface area contributed by atoms with Gasteiger partial charge < -0.3 is 53.6 Å². The van der Waals surface area contributed by atoms with Crippen LogP contribution in [0.2, 0.25) is 0 Å². The van der Waals surface area contributed by atoms with E-state index in [0.717, 1.165) is 16.7 Å². The van der Waals surface area contributed by atoms with E-state index in [1.165, 1.54) is 7.11 Å². The predicted molar refractivity (Wildman–Crippen MR) is 160 cm³/mol. The Balaban J connectivity index is 1.39. The van der Waals surface area contributed by atoms with Gasteiger partial charge in [-0.3, -0.25) is 0 Å². The van der Waals surface area contributed by atoms with Crippen molar-refractivity contribution in [3.05, 3.63) is 108 Å². The molecule has 244 valence electrons. The summed E-state index contributed by atoms with van der Waals surface area (Å²) in [4.78, 5) is 0. The molecule has 0 aliphatic carbocycles. The number of aliphatic hydroxyl groups is 4. The first kappa shape index (κ1) is 33.6. The van der Waals surface area contributed by atoms with Crippen LogP contribution in [0, 0.1) is 0 Å². The van der Waals surface area contributed by atoms with Gasteiger partial charge in [0.15, 0.2) is 12.6 Å². The largest absolute Gasteiger partial charge is 0.394 e. The molecule has 2 fully saturated rings. The van der Waals surface area contributed by atoms with Crippen molar-refractivity contribution in [3.8, 4) is 0 Å². The highest BCUT2D eigenvalue weighted by Crippen LogP contribution is 2.32. The smallest absolute Gasteiger partial charge is 0.186 e. The topological polar surface area (TPSA) is 146 Å². The number of methoxy groups -OCH3 is 1. The summed E-state index contributed by atoms with van der Waals surface area (Å²) in [5.41, 5.74) is 2.86. The van der Waals surface area contributed by atoms with E-state index in [-0.39, 0.29) is 26.4 Å². The highest BCUT2D eigenvalue weighted by Gasteiger charge is 2.51. The summed E-state index contributed by atoms with van der Waals surface area (Å²) in [7, 11) is 1.52. The zero-order chi connectivity index (χ0) is 31.6. The van der Waals surface area contributed by atoms with Gasteiger partial charge in [-0.2, -0.15) is 0 Å². The molecule has 45 heavy (non-hydrogen) atoms. The average Bonchev–Trinajstić information content (AvgIpc) is 3.38. The molecule has 3 aromatic carbocycles. The van der Waals surface area contributed by atoms with E-state index >= 15 is 0 Å². The molecule has 0 saturated carbocycles. The molecule has 5 rings (SSSR count). The molecule has 2 saturated heterocycles. The average molecular weight is 627 g/mol. The normalized spacial score (nSPS) is 30.7. The first-order chi connectivity index (χ1) is 22.0. The van der Waals surface area contributed by atoms with Gasteiger partial charge in [-0.1, -0.05) is 91.0 Å². The minimum Gasteiger partial charge on any atom is -0.394 e. The molecular formula is C34H42O11. The molecule has 0 aromatic heterocycles. The minimum absolute atomic E-state index is 0.147. The first-order valence-corrected chi connectivity index (χ1v) is 15.1. The monoisotopic (exact) mass is 626 g/mol. The van der Waals surface area contributed by atoms with Crippen LogP contribution >= 0.6 is 0 Å². The molecule has 11 heteroatoms. The maximum atomic E-state index is 10.6. The summed E-state index contributed by atoms with van der Waals surface area (Å²) < 4.78 is 43.1. The molecule has 2 aliphatic heterocycles. The van der Waals surface area contributed by atoms with Gasteiger partial charge in [-0.05, 0) is 16.7 Å². The highest BCUT2D eigenvalue weighted by atomic mass is 16.7. The SMILES string of the molecule is CO[C@H]1O[C@H](CO[C@@H]2O[C@@H]([C@@H](O)CO)[C@H](O)[C@H]2O)[C@@H](OCc2ccccc2)[C@H](OCc2ccccc2)[C@@H]1OCc1ccccc1. The van der Waals surface area contributed by atoms with Crippen LogP contribution in [-0.4, -0.2) is 102 Å². The molecule has 2 aliphatic rings. The Morgan fingerprint density at radius 1 is 0.622 bits per heavy atom. The van der Waals surface area contributed by atoms with Crippen LogP contribution in [0.25, 0.3) is 0 Å². The number of rotatable bonds is 15. The molecule has 0 radical (unpaired) electrons. The molecule has 0 amide bonds. The second kappa shape index (κ2) is 16.7. The summed E-state index contributed by atoms with van der Waals surface area (Å²) >= 11 is 0. The van der Waals surface area contributed by atoms with Gasteiger partial charge in [0.25, 0.3) is 0 Å². The van der Waals surface area contributed by atoms with Crippen molar-refractivity contribution >= 4 is 0 Å². The molecule has 0 bridgehead atoms. The number of benzene rings is 3. The standard InChI is InChI=1S/C34H42O11/c1-39-34-32(42-20-24-15-9-4-10-16-24)31(41-19-23-13-7-3-8-14-23)30(40-18-22-11-5-2-6-12-22)26(44-34)21-43-33-28(38)27(37)29(45-33)25(36)17-35/h2-16,25-38H,17-21H2,1H3/t25-,26+,27+,28+,29-,30+,31-,32-,33+,34-/m0/s1. The molecule has 2 heterocycles. The van der Waals surface area contributed by atoms with Crippen molar-refractivity contribution < 1.29 is 53.6 Å². The molecule has 4 N–H and O–H groups in total. The fraction of sp³-hybridized carbons (Fsp3) is 0.471. The Bertz CT molecular complexity index is 1250. The molecule has 10 atom stereocenters. The van der Waals surface area contributed by atoms with Gasteiger partial charge in [0.1, 0.15) is 48.8 Å². The van der Waals surface area contributed by atoms with Crippen LogP contribution < -0.4 is 0 Å². The van der Waals surface area contributed by atoms with Crippen molar-refractivity contribution in [2.45, 2.75) is 81.2 Å². The lowest BCUT2D eigenvalue weighted by Gasteiger charge is -2.45. The number of ether oxygens (including phenoxy) is 7. The highest BCUT2D eigenvalue weighted by molar-refractivity contribution is 5.15. The van der Waals surface area contributed by atoms with Gasteiger partial charge in [-0.15, -0.1) is 0 Å². The van der Waals surface area contributed by atoms with E-state index in [0.29, 0.717) is 0 Å². The maximum Gasteiger partial charge on any atom is 0.186 e. The fourth-order valence-corrected chi connectivity index (χ4v) is 5.49. The Morgan fingerprint density at radius 2 is 1.11 bits per heavy atom. The van der Waals surface area contributed by atoms with E-state index in [1.54, 1.807) is 0 Å². The van der Waals surface area contributed by atoms with Crippen LogP contribution in [0.15, 0.2) is 91.0 Å². The maximum absolute atomic E-state index is 10.6. The van der Waals surface area contributed by atoms with E-state index < -0.39 is 68.0 Å². The molecule has 11 nitrogen and oxygen atoms in total. The van der Waals surface area contributed by atoms with Gasteiger partial charge in [0.2, 0.25) is 0 Å². The minimum atomic E-state index is -1.46. The third-order valence-corrected chi connectivity index (χ3v) is 7.93. The Labute approximate surface area is 262 Å². The van der Waals surface area contributed by atoms with Crippen LogP contribution in [0.4, 0.5) is 0 Å². The molecule has 0 unspecified atom stereocenters.